The second-order valence-electron chi connectivity index (χ2n) is 3.58. The first kappa shape index (κ1) is 10.3. The molecule has 1 atom stereocenters. The Kier molecular flexibility index (Phi) is 3.49. The van der Waals surface area contributed by atoms with Crippen LogP contribution in [0.2, 0.25) is 0 Å². The maximum atomic E-state index is 3.44. The molecule has 72 valence electrons. The molecule has 0 heterocycles. The van der Waals surface area contributed by atoms with E-state index in [1.807, 2.05) is 0 Å². The molecular weight excluding hydrogens is 158 g/mol. The molecule has 0 aromatic heterocycles. The van der Waals surface area contributed by atoms with Gasteiger partial charge in [0.2, 0.25) is 0 Å². The van der Waals surface area contributed by atoms with E-state index >= 15 is 0 Å². The van der Waals surface area contributed by atoms with E-state index < -0.39 is 0 Å². The zero-order valence-electron chi connectivity index (χ0n) is 9.02. The molecule has 0 saturated carbocycles. The van der Waals surface area contributed by atoms with Gasteiger partial charge in [0.25, 0.3) is 0 Å². The van der Waals surface area contributed by atoms with E-state index in [4.69, 9.17) is 0 Å². The third-order valence-corrected chi connectivity index (χ3v) is 2.49. The van der Waals surface area contributed by atoms with E-state index in [2.05, 4.69) is 51.2 Å². The fraction of sp³-hybridized carbons (Fsp3) is 0.500. The number of hydrogen-bond acceptors (Lipinski definition) is 1. The highest BCUT2D eigenvalue weighted by molar-refractivity contribution is 5.35. The lowest BCUT2D eigenvalue weighted by molar-refractivity contribution is 0.592. The lowest BCUT2D eigenvalue weighted by Gasteiger charge is -2.17. The number of benzene rings is 1. The van der Waals surface area contributed by atoms with Gasteiger partial charge in [0.05, 0.1) is 0 Å². The average molecular weight is 177 g/mol. The minimum absolute atomic E-state index is 0.464. The molecule has 0 aliphatic heterocycles. The lowest BCUT2D eigenvalue weighted by atomic mass is 9.97. The summed E-state index contributed by atoms with van der Waals surface area (Å²) in [6.45, 7) is 9.74. The Balaban J connectivity index is 2.98. The van der Waals surface area contributed by atoms with Crippen molar-refractivity contribution in [1.82, 2.24) is 5.32 Å². The Bertz CT molecular complexity index is 258. The van der Waals surface area contributed by atoms with Crippen LogP contribution in [0.4, 0.5) is 0 Å². The Hall–Kier alpha value is -0.820. The molecule has 0 saturated heterocycles. The molecule has 0 bridgehead atoms. The molecule has 0 spiro atoms. The molecule has 0 amide bonds. The molecule has 0 fully saturated rings. The molecule has 1 aromatic carbocycles. The summed E-state index contributed by atoms with van der Waals surface area (Å²) in [6, 6.07) is 6.94. The second-order valence-corrected chi connectivity index (χ2v) is 3.58. The number of aryl methyl sites for hydroxylation is 2. The van der Waals surface area contributed by atoms with E-state index in [1.165, 1.54) is 16.7 Å². The van der Waals surface area contributed by atoms with Gasteiger partial charge in [-0.3, -0.25) is 0 Å². The third-order valence-electron chi connectivity index (χ3n) is 2.49. The minimum Gasteiger partial charge on any atom is -0.310 e. The van der Waals surface area contributed by atoms with E-state index in [1.54, 1.807) is 0 Å². The van der Waals surface area contributed by atoms with E-state index in [0.717, 1.165) is 6.54 Å². The number of nitrogens with one attached hydrogen (secondary N) is 1. The van der Waals surface area contributed by atoms with Crippen LogP contribution in [-0.2, 0) is 0 Å². The summed E-state index contributed by atoms with van der Waals surface area (Å²) >= 11 is 0. The van der Waals surface area contributed by atoms with Crippen LogP contribution in [0.25, 0.3) is 0 Å². The molecule has 1 nitrogen and oxygen atoms in total. The number of rotatable bonds is 3. The average Bonchev–Trinajstić information content (AvgIpc) is 2.04. The van der Waals surface area contributed by atoms with Gasteiger partial charge in [-0.1, -0.05) is 25.1 Å². The first-order valence-electron chi connectivity index (χ1n) is 4.96. The fourth-order valence-corrected chi connectivity index (χ4v) is 1.92. The van der Waals surface area contributed by atoms with E-state index in [0.29, 0.717) is 6.04 Å². The monoisotopic (exact) mass is 177 g/mol. The van der Waals surface area contributed by atoms with Crippen LogP contribution in [-0.4, -0.2) is 6.54 Å². The van der Waals surface area contributed by atoms with Gasteiger partial charge >= 0.3 is 0 Å². The third kappa shape index (κ3) is 2.31. The highest BCUT2D eigenvalue weighted by atomic mass is 14.9. The Morgan fingerprint density at radius 2 is 1.77 bits per heavy atom. The highest BCUT2D eigenvalue weighted by Gasteiger charge is 2.08. The Morgan fingerprint density at radius 1 is 1.23 bits per heavy atom. The maximum absolute atomic E-state index is 3.44. The first-order chi connectivity index (χ1) is 6.16. The van der Waals surface area contributed by atoms with Gasteiger partial charge in [-0.2, -0.15) is 0 Å². The van der Waals surface area contributed by atoms with Gasteiger partial charge in [-0.15, -0.1) is 0 Å². The van der Waals surface area contributed by atoms with E-state index in [-0.39, 0.29) is 0 Å². The van der Waals surface area contributed by atoms with Crippen LogP contribution in [0.3, 0.4) is 0 Å². The largest absolute Gasteiger partial charge is 0.310 e. The summed E-state index contributed by atoms with van der Waals surface area (Å²) in [7, 11) is 0. The topological polar surface area (TPSA) is 12.0 Å². The molecular formula is C12H19N. The fourth-order valence-electron chi connectivity index (χ4n) is 1.92. The Morgan fingerprint density at radius 3 is 2.23 bits per heavy atom. The van der Waals surface area contributed by atoms with Crippen molar-refractivity contribution >= 4 is 0 Å². The summed E-state index contributed by atoms with van der Waals surface area (Å²) in [5.41, 5.74) is 4.21. The summed E-state index contributed by atoms with van der Waals surface area (Å²) in [5.74, 6) is 0. The van der Waals surface area contributed by atoms with Crippen molar-refractivity contribution in [1.29, 1.82) is 0 Å². The quantitative estimate of drug-likeness (QED) is 0.748. The zero-order valence-corrected chi connectivity index (χ0v) is 9.02. The molecule has 1 aromatic rings. The van der Waals surface area contributed by atoms with Crippen molar-refractivity contribution in [3.8, 4) is 0 Å². The lowest BCUT2D eigenvalue weighted by Crippen LogP contribution is -2.19. The van der Waals surface area contributed by atoms with Crippen LogP contribution < -0.4 is 5.32 Å². The van der Waals surface area contributed by atoms with Crippen LogP contribution >= 0.6 is 0 Å². The molecule has 0 aliphatic rings. The van der Waals surface area contributed by atoms with Crippen molar-refractivity contribution in [3.63, 3.8) is 0 Å². The van der Waals surface area contributed by atoms with Crippen molar-refractivity contribution < 1.29 is 0 Å². The van der Waals surface area contributed by atoms with Gasteiger partial charge in [0, 0.05) is 6.04 Å². The highest BCUT2D eigenvalue weighted by Crippen LogP contribution is 2.20. The Labute approximate surface area is 81.2 Å². The zero-order chi connectivity index (χ0) is 9.84. The van der Waals surface area contributed by atoms with Gasteiger partial charge < -0.3 is 5.32 Å². The van der Waals surface area contributed by atoms with E-state index in [9.17, 15) is 0 Å². The molecule has 0 radical (unpaired) electrons. The van der Waals surface area contributed by atoms with Crippen LogP contribution in [0.5, 0.6) is 0 Å². The van der Waals surface area contributed by atoms with Crippen LogP contribution in [0, 0.1) is 13.8 Å². The predicted molar refractivity (Wildman–Crippen MR) is 58.0 cm³/mol. The standard InChI is InChI=1S/C12H19N/c1-5-13-11(4)12-9(2)7-6-8-10(12)3/h6-8,11,13H,5H2,1-4H3. The summed E-state index contributed by atoms with van der Waals surface area (Å²) in [5, 5.41) is 3.44. The SMILES string of the molecule is CCNC(C)c1c(C)cccc1C. The smallest absolute Gasteiger partial charge is 0.0296 e. The summed E-state index contributed by atoms with van der Waals surface area (Å²) in [6.07, 6.45) is 0. The molecule has 1 unspecified atom stereocenters. The van der Waals surface area contributed by atoms with Crippen molar-refractivity contribution in [2.45, 2.75) is 33.7 Å². The predicted octanol–water partition coefficient (Wildman–Crippen LogP) is 2.97. The van der Waals surface area contributed by atoms with Gasteiger partial charge in [0.15, 0.2) is 0 Å². The molecule has 1 heteroatoms. The molecule has 1 N–H and O–H groups in total. The van der Waals surface area contributed by atoms with Gasteiger partial charge in [-0.05, 0) is 44.0 Å². The molecule has 0 aliphatic carbocycles. The first-order valence-corrected chi connectivity index (χ1v) is 4.96. The van der Waals surface area contributed by atoms with Gasteiger partial charge in [-0.25, -0.2) is 0 Å². The van der Waals surface area contributed by atoms with Crippen molar-refractivity contribution in [2.75, 3.05) is 6.54 Å². The summed E-state index contributed by atoms with van der Waals surface area (Å²) in [4.78, 5) is 0. The molecule has 13 heavy (non-hydrogen) atoms. The number of hydrogen-bond donors (Lipinski definition) is 1. The van der Waals surface area contributed by atoms with Crippen molar-refractivity contribution in [2.24, 2.45) is 0 Å². The maximum Gasteiger partial charge on any atom is 0.0296 e. The van der Waals surface area contributed by atoms with Crippen molar-refractivity contribution in [3.05, 3.63) is 34.9 Å². The second kappa shape index (κ2) is 4.43. The minimum atomic E-state index is 0.464. The van der Waals surface area contributed by atoms with Crippen LogP contribution in [0.1, 0.15) is 36.6 Å². The molecule has 1 rings (SSSR count). The van der Waals surface area contributed by atoms with Gasteiger partial charge in [0.1, 0.15) is 0 Å². The normalized spacial score (nSPS) is 12.9. The van der Waals surface area contributed by atoms with Crippen LogP contribution in [0.15, 0.2) is 18.2 Å². The summed E-state index contributed by atoms with van der Waals surface area (Å²) < 4.78 is 0.